The van der Waals surface area contributed by atoms with Gasteiger partial charge in [-0.05, 0) is 17.7 Å². The number of carbonyl (C=O) groups is 2. The molecule has 2 amide bonds. The maximum Gasteiger partial charge on any atom is 0.259 e. The van der Waals surface area contributed by atoms with Gasteiger partial charge in [-0.2, -0.15) is 0 Å². The number of hydrogen-bond acceptors (Lipinski definition) is 5. The molecule has 0 aliphatic carbocycles. The fourth-order valence-electron chi connectivity index (χ4n) is 2.16. The van der Waals surface area contributed by atoms with Gasteiger partial charge in [-0.15, -0.1) is 11.3 Å². The van der Waals surface area contributed by atoms with Gasteiger partial charge in [-0.1, -0.05) is 35.9 Å². The Labute approximate surface area is 159 Å². The molecular weight excluding hydrogens is 372 g/mol. The van der Waals surface area contributed by atoms with E-state index in [1.165, 1.54) is 24.5 Å². The van der Waals surface area contributed by atoms with E-state index < -0.39 is 0 Å². The average molecular weight is 387 g/mol. The highest BCUT2D eigenvalue weighted by molar-refractivity contribution is 7.14. The molecule has 26 heavy (non-hydrogen) atoms. The quantitative estimate of drug-likeness (QED) is 0.654. The van der Waals surface area contributed by atoms with E-state index in [9.17, 15) is 9.59 Å². The molecular formula is C18H15ClN4O2S. The number of thiazole rings is 1. The number of anilines is 1. The van der Waals surface area contributed by atoms with E-state index in [0.717, 1.165) is 16.8 Å². The molecule has 2 aromatic heterocycles. The molecule has 0 aliphatic heterocycles. The van der Waals surface area contributed by atoms with E-state index in [4.69, 9.17) is 11.6 Å². The van der Waals surface area contributed by atoms with Crippen molar-refractivity contribution in [2.45, 2.75) is 13.5 Å². The Morgan fingerprint density at radius 1 is 1.15 bits per heavy atom. The smallest absolute Gasteiger partial charge is 0.259 e. The van der Waals surface area contributed by atoms with Crippen molar-refractivity contribution in [3.63, 3.8) is 0 Å². The van der Waals surface area contributed by atoms with Crippen LogP contribution in [0.25, 0.3) is 11.3 Å². The van der Waals surface area contributed by atoms with Crippen molar-refractivity contribution in [2.24, 2.45) is 0 Å². The number of pyridine rings is 1. The van der Waals surface area contributed by atoms with E-state index >= 15 is 0 Å². The summed E-state index contributed by atoms with van der Waals surface area (Å²) in [5.74, 6) is -0.356. The van der Waals surface area contributed by atoms with E-state index in [-0.39, 0.29) is 11.8 Å². The van der Waals surface area contributed by atoms with Crippen molar-refractivity contribution in [2.75, 3.05) is 5.32 Å². The lowest BCUT2D eigenvalue weighted by Crippen LogP contribution is -2.18. The molecule has 0 aliphatic rings. The third kappa shape index (κ3) is 4.65. The van der Waals surface area contributed by atoms with Crippen LogP contribution in [0.15, 0.2) is 48.0 Å². The van der Waals surface area contributed by atoms with Crippen molar-refractivity contribution >= 4 is 39.9 Å². The van der Waals surface area contributed by atoms with Gasteiger partial charge in [-0.25, -0.2) is 9.97 Å². The van der Waals surface area contributed by atoms with Crippen LogP contribution in [-0.4, -0.2) is 21.8 Å². The third-order valence-corrected chi connectivity index (χ3v) is 4.49. The zero-order valence-corrected chi connectivity index (χ0v) is 15.4. The second kappa shape index (κ2) is 8.07. The molecule has 0 saturated heterocycles. The predicted octanol–water partition coefficient (Wildman–Crippen LogP) is 3.75. The molecule has 3 aromatic rings. The molecule has 8 heteroatoms. The van der Waals surface area contributed by atoms with E-state index in [2.05, 4.69) is 20.6 Å². The van der Waals surface area contributed by atoms with Crippen LogP contribution in [0.2, 0.25) is 5.15 Å². The van der Waals surface area contributed by atoms with Crippen LogP contribution in [0.5, 0.6) is 0 Å². The first-order valence-corrected chi connectivity index (χ1v) is 8.99. The summed E-state index contributed by atoms with van der Waals surface area (Å²) < 4.78 is 0. The van der Waals surface area contributed by atoms with Gasteiger partial charge in [0.25, 0.3) is 5.91 Å². The largest absolute Gasteiger partial charge is 0.352 e. The number of amides is 2. The van der Waals surface area contributed by atoms with Crippen LogP contribution < -0.4 is 10.6 Å². The van der Waals surface area contributed by atoms with Gasteiger partial charge in [0, 0.05) is 30.6 Å². The number of rotatable bonds is 5. The number of nitrogens with one attached hydrogen (secondary N) is 2. The van der Waals surface area contributed by atoms with Crippen molar-refractivity contribution < 1.29 is 9.59 Å². The summed E-state index contributed by atoms with van der Waals surface area (Å²) in [6.07, 6.45) is 1.42. The van der Waals surface area contributed by atoms with Gasteiger partial charge in [-0.3, -0.25) is 14.9 Å². The number of halogens is 1. The van der Waals surface area contributed by atoms with Crippen LogP contribution in [0.4, 0.5) is 5.13 Å². The number of nitrogens with zero attached hydrogens (tertiary/aromatic N) is 2. The SMILES string of the molecule is CC(=O)NCc1ccc(-c2csc(NC(=O)c3ccc(Cl)nc3)n2)cc1. The molecule has 0 unspecified atom stereocenters. The lowest BCUT2D eigenvalue weighted by Gasteiger charge is -2.03. The molecule has 132 valence electrons. The van der Waals surface area contributed by atoms with Crippen LogP contribution in [-0.2, 0) is 11.3 Å². The minimum Gasteiger partial charge on any atom is -0.352 e. The Kier molecular flexibility index (Phi) is 5.60. The first-order valence-electron chi connectivity index (χ1n) is 7.73. The van der Waals surface area contributed by atoms with Crippen molar-refractivity contribution in [1.82, 2.24) is 15.3 Å². The van der Waals surface area contributed by atoms with Crippen LogP contribution >= 0.6 is 22.9 Å². The lowest BCUT2D eigenvalue weighted by molar-refractivity contribution is -0.119. The second-order valence-corrected chi connectivity index (χ2v) is 6.71. The molecule has 2 heterocycles. The van der Waals surface area contributed by atoms with Crippen molar-refractivity contribution in [3.05, 3.63) is 64.3 Å². The normalized spacial score (nSPS) is 10.4. The molecule has 0 spiro atoms. The summed E-state index contributed by atoms with van der Waals surface area (Å²) in [5, 5.41) is 8.21. The van der Waals surface area contributed by atoms with E-state index in [1.807, 2.05) is 29.6 Å². The van der Waals surface area contributed by atoms with E-state index in [0.29, 0.717) is 22.4 Å². The number of aromatic nitrogens is 2. The minimum atomic E-state index is -0.291. The highest BCUT2D eigenvalue weighted by Crippen LogP contribution is 2.25. The number of hydrogen-bond donors (Lipinski definition) is 2. The van der Waals surface area contributed by atoms with Crippen molar-refractivity contribution in [3.8, 4) is 11.3 Å². The maximum absolute atomic E-state index is 12.2. The summed E-state index contributed by atoms with van der Waals surface area (Å²) in [6.45, 7) is 1.97. The minimum absolute atomic E-state index is 0.0650. The van der Waals surface area contributed by atoms with Gasteiger partial charge < -0.3 is 5.32 Å². The molecule has 0 bridgehead atoms. The Balaban J connectivity index is 1.66. The Morgan fingerprint density at radius 2 is 1.92 bits per heavy atom. The lowest BCUT2D eigenvalue weighted by atomic mass is 10.1. The molecule has 0 saturated carbocycles. The Bertz CT molecular complexity index is 923. The fourth-order valence-corrected chi connectivity index (χ4v) is 2.99. The Morgan fingerprint density at radius 3 is 2.58 bits per heavy atom. The van der Waals surface area contributed by atoms with Crippen LogP contribution in [0.3, 0.4) is 0 Å². The average Bonchev–Trinajstić information content (AvgIpc) is 3.09. The first-order chi connectivity index (χ1) is 12.5. The van der Waals surface area contributed by atoms with Crippen LogP contribution in [0.1, 0.15) is 22.8 Å². The Hall–Kier alpha value is -2.77. The van der Waals surface area contributed by atoms with Gasteiger partial charge >= 0.3 is 0 Å². The second-order valence-electron chi connectivity index (χ2n) is 5.47. The molecule has 3 rings (SSSR count). The summed E-state index contributed by atoms with van der Waals surface area (Å²) in [4.78, 5) is 31.5. The van der Waals surface area contributed by atoms with E-state index in [1.54, 1.807) is 12.1 Å². The molecule has 0 atom stereocenters. The van der Waals surface area contributed by atoms with Crippen molar-refractivity contribution in [1.29, 1.82) is 0 Å². The first kappa shape index (κ1) is 18.0. The van der Waals surface area contributed by atoms with Crippen LogP contribution in [0, 0.1) is 0 Å². The van der Waals surface area contributed by atoms with Gasteiger partial charge in [0.15, 0.2) is 5.13 Å². The molecule has 1 aromatic carbocycles. The summed E-state index contributed by atoms with van der Waals surface area (Å²) >= 11 is 7.06. The summed E-state index contributed by atoms with van der Waals surface area (Å²) in [5.41, 5.74) is 3.11. The summed E-state index contributed by atoms with van der Waals surface area (Å²) in [7, 11) is 0. The van der Waals surface area contributed by atoms with Gasteiger partial charge in [0.1, 0.15) is 5.15 Å². The van der Waals surface area contributed by atoms with Gasteiger partial charge in [0.05, 0.1) is 11.3 Å². The monoisotopic (exact) mass is 386 g/mol. The molecule has 0 fully saturated rings. The zero-order chi connectivity index (χ0) is 18.5. The topological polar surface area (TPSA) is 84.0 Å². The maximum atomic E-state index is 12.2. The molecule has 2 N–H and O–H groups in total. The fraction of sp³-hybridized carbons (Fsp3) is 0.111. The predicted molar refractivity (Wildman–Crippen MR) is 102 cm³/mol. The zero-order valence-electron chi connectivity index (χ0n) is 13.8. The number of benzene rings is 1. The molecule has 6 nitrogen and oxygen atoms in total. The third-order valence-electron chi connectivity index (χ3n) is 3.51. The standard InChI is InChI=1S/C18H15ClN4O2S/c1-11(24)20-8-12-2-4-13(5-3-12)15-10-26-18(22-15)23-17(25)14-6-7-16(19)21-9-14/h2-7,9-10H,8H2,1H3,(H,20,24)(H,22,23,25). The number of carbonyl (C=O) groups excluding carboxylic acids is 2. The highest BCUT2D eigenvalue weighted by atomic mass is 35.5. The molecule has 0 radical (unpaired) electrons. The van der Waals surface area contributed by atoms with Gasteiger partial charge in [0.2, 0.25) is 5.91 Å². The summed E-state index contributed by atoms with van der Waals surface area (Å²) in [6, 6.07) is 10.9. The highest BCUT2D eigenvalue weighted by Gasteiger charge is 2.10.